The van der Waals surface area contributed by atoms with Crippen LogP contribution in [0.2, 0.25) is 0 Å². The molecule has 1 fully saturated rings. The summed E-state index contributed by atoms with van der Waals surface area (Å²) < 4.78 is 40.8. The summed E-state index contributed by atoms with van der Waals surface area (Å²) in [6.45, 7) is 1.47. The Bertz CT molecular complexity index is 1560. The molecular weight excluding hydrogens is 550 g/mol. The molecule has 10 nitrogen and oxygen atoms in total. The Kier molecular flexibility index (Phi) is 11.7. The molecule has 4 aromatic rings. The van der Waals surface area contributed by atoms with Gasteiger partial charge in [-0.3, -0.25) is 4.55 Å². The molecule has 0 aliphatic carbocycles. The summed E-state index contributed by atoms with van der Waals surface area (Å²) in [5.74, 6) is 0. The number of ether oxygens (including phenoxy) is 1. The molecule has 1 unspecified atom stereocenters. The van der Waals surface area contributed by atoms with Crippen molar-refractivity contribution < 1.29 is 17.7 Å². The molecule has 198 valence electrons. The first-order chi connectivity index (χ1) is 18.4. The summed E-state index contributed by atoms with van der Waals surface area (Å²) in [5.41, 5.74) is 9.57. The van der Waals surface area contributed by atoms with Crippen LogP contribution in [0.4, 0.5) is 17.1 Å². The van der Waals surface area contributed by atoms with E-state index in [1.54, 1.807) is 30.5 Å². The summed E-state index contributed by atoms with van der Waals surface area (Å²) >= 11 is 0. The predicted octanol–water partition coefficient (Wildman–Crippen LogP) is 2.52. The molecular formula is C27H28N6Na2O4S. The first-order valence-electron chi connectivity index (χ1n) is 11.9. The zero-order valence-electron chi connectivity index (χ0n) is 20.3. The number of morpholine rings is 1. The number of para-hydroxylation sites is 1. The monoisotopic (exact) mass is 578 g/mol. The molecule has 40 heavy (non-hydrogen) atoms. The van der Waals surface area contributed by atoms with Gasteiger partial charge in [0, 0.05) is 17.8 Å². The summed E-state index contributed by atoms with van der Waals surface area (Å²) in [6.07, 6.45) is 4.60. The normalized spacial score (nSPS) is 15.2. The minimum absolute atomic E-state index is 0. The van der Waals surface area contributed by atoms with Crippen LogP contribution in [-0.2, 0) is 14.9 Å². The van der Waals surface area contributed by atoms with Crippen molar-refractivity contribution in [2.24, 2.45) is 0 Å². The molecule has 1 saturated heterocycles. The van der Waals surface area contributed by atoms with Gasteiger partial charge in [-0.1, -0.05) is 66.7 Å². The van der Waals surface area contributed by atoms with Gasteiger partial charge in [-0.05, 0) is 34.5 Å². The Balaban J connectivity index is 0.00000220. The van der Waals surface area contributed by atoms with E-state index in [4.69, 9.17) is 10.5 Å². The fraction of sp³-hybridized carbons (Fsp3) is 0.148. The van der Waals surface area contributed by atoms with Crippen LogP contribution in [0.1, 0.15) is 11.1 Å². The number of nitrogens with two attached hydrogens (primary N) is 1. The summed E-state index contributed by atoms with van der Waals surface area (Å²) in [4.78, 5) is 1.63. The van der Waals surface area contributed by atoms with Crippen LogP contribution in [0.25, 0.3) is 23.4 Å². The van der Waals surface area contributed by atoms with Crippen molar-refractivity contribution in [2.75, 3.05) is 35.6 Å². The Hall–Kier alpha value is -2.32. The van der Waals surface area contributed by atoms with E-state index in [1.807, 2.05) is 65.6 Å². The first-order valence-corrected chi connectivity index (χ1v) is 13.3. The van der Waals surface area contributed by atoms with E-state index in [1.165, 1.54) is 0 Å². The number of hydrogen-bond acceptors (Lipinski definition) is 9. The van der Waals surface area contributed by atoms with E-state index in [2.05, 4.69) is 20.7 Å². The van der Waals surface area contributed by atoms with Crippen molar-refractivity contribution in [1.82, 2.24) is 15.4 Å². The topological polar surface area (TPSA) is 144 Å². The standard InChI is InChI=1S/C27H26N6O4S.2Na.2H/c28-25-22(14-13-20(27(25)38(34,35)36)12-11-19-7-3-1-4-8-19)26-23(17-29-32-31-26)33-15-16-37-24(18-33)30-21-9-5-2-6-10-21;;;;/h1-14,17,24,30H,15-16,18,28H2,(H,34,35,36);;;;. The van der Waals surface area contributed by atoms with E-state index in [0.717, 1.165) is 11.3 Å². The van der Waals surface area contributed by atoms with Gasteiger partial charge in [0.2, 0.25) is 0 Å². The average molecular weight is 579 g/mol. The molecule has 0 bridgehead atoms. The van der Waals surface area contributed by atoms with E-state index >= 15 is 0 Å². The third-order valence-corrected chi connectivity index (χ3v) is 7.09. The fourth-order valence-electron chi connectivity index (χ4n) is 4.35. The second-order valence-corrected chi connectivity index (χ2v) is 10.0. The SMILES string of the molecule is Nc1c(-c2nnncc2N2CCOC(Nc3ccccc3)C2)ccc(C=Cc2ccccc2)c1S(=O)(=O)O.[NaH].[NaH]. The number of hydrogen-bond donors (Lipinski definition) is 3. The number of nitrogens with one attached hydrogen (secondary N) is 1. The van der Waals surface area contributed by atoms with Crippen LogP contribution in [0.5, 0.6) is 0 Å². The Morgan fingerprint density at radius 3 is 2.40 bits per heavy atom. The van der Waals surface area contributed by atoms with Crippen molar-refractivity contribution in [3.05, 3.63) is 90.1 Å². The minimum atomic E-state index is -4.66. The Labute approximate surface area is 277 Å². The second-order valence-electron chi connectivity index (χ2n) is 8.65. The van der Waals surface area contributed by atoms with E-state index in [0.29, 0.717) is 36.6 Å². The van der Waals surface area contributed by atoms with Crippen LogP contribution < -0.4 is 16.0 Å². The van der Waals surface area contributed by atoms with Crippen molar-refractivity contribution in [3.63, 3.8) is 0 Å². The molecule has 0 amide bonds. The number of rotatable bonds is 7. The molecule has 3 aromatic carbocycles. The zero-order valence-corrected chi connectivity index (χ0v) is 21.1. The molecule has 0 radical (unpaired) electrons. The van der Waals surface area contributed by atoms with Crippen LogP contribution in [0.3, 0.4) is 0 Å². The summed E-state index contributed by atoms with van der Waals surface area (Å²) in [7, 11) is -4.66. The first kappa shape index (κ1) is 32.2. The molecule has 0 spiro atoms. The van der Waals surface area contributed by atoms with Gasteiger partial charge in [0.1, 0.15) is 16.8 Å². The van der Waals surface area contributed by atoms with Crippen molar-refractivity contribution in [3.8, 4) is 11.3 Å². The summed E-state index contributed by atoms with van der Waals surface area (Å²) in [5, 5.41) is 15.3. The van der Waals surface area contributed by atoms with E-state index in [9.17, 15) is 13.0 Å². The van der Waals surface area contributed by atoms with E-state index in [-0.39, 0.29) is 76.6 Å². The van der Waals surface area contributed by atoms with Crippen LogP contribution >= 0.6 is 0 Å². The van der Waals surface area contributed by atoms with Gasteiger partial charge in [-0.15, -0.1) is 10.2 Å². The fourth-order valence-corrected chi connectivity index (χ4v) is 5.18. The van der Waals surface area contributed by atoms with E-state index < -0.39 is 15.0 Å². The molecule has 1 aliphatic rings. The Morgan fingerprint density at radius 2 is 1.70 bits per heavy atom. The zero-order chi connectivity index (χ0) is 26.5. The van der Waals surface area contributed by atoms with Crippen LogP contribution in [0, 0.1) is 0 Å². The molecule has 2 heterocycles. The third kappa shape index (κ3) is 7.69. The molecule has 4 N–H and O–H groups in total. The molecule has 1 aliphatic heterocycles. The quantitative estimate of drug-likeness (QED) is 0.130. The van der Waals surface area contributed by atoms with Crippen molar-refractivity contribution in [1.29, 1.82) is 0 Å². The number of nitrogen functional groups attached to an aromatic ring is 1. The van der Waals surface area contributed by atoms with Gasteiger partial charge in [0.15, 0.2) is 0 Å². The van der Waals surface area contributed by atoms with Crippen LogP contribution in [-0.4, -0.2) is 113 Å². The second kappa shape index (κ2) is 14.5. The van der Waals surface area contributed by atoms with Crippen molar-refractivity contribution in [2.45, 2.75) is 11.1 Å². The molecule has 1 aromatic heterocycles. The van der Waals surface area contributed by atoms with Gasteiger partial charge in [0.25, 0.3) is 10.1 Å². The number of anilines is 3. The van der Waals surface area contributed by atoms with Gasteiger partial charge >= 0.3 is 59.1 Å². The number of aromatic nitrogens is 3. The van der Waals surface area contributed by atoms with Crippen LogP contribution in [0.15, 0.2) is 83.9 Å². The number of benzene rings is 3. The summed E-state index contributed by atoms with van der Waals surface area (Å²) in [6, 6.07) is 22.4. The maximum absolute atomic E-state index is 12.4. The molecule has 0 saturated carbocycles. The van der Waals surface area contributed by atoms with Gasteiger partial charge < -0.3 is 20.7 Å². The number of nitrogens with zero attached hydrogens (tertiary/aromatic N) is 4. The van der Waals surface area contributed by atoms with Crippen molar-refractivity contribution >= 4 is 98.4 Å². The third-order valence-electron chi connectivity index (χ3n) is 6.12. The molecule has 13 heteroatoms. The van der Waals surface area contributed by atoms with Gasteiger partial charge in [-0.25, -0.2) is 0 Å². The predicted molar refractivity (Wildman–Crippen MR) is 161 cm³/mol. The molecule has 1 atom stereocenters. The average Bonchev–Trinajstić information content (AvgIpc) is 2.92. The Morgan fingerprint density at radius 1 is 1.00 bits per heavy atom. The van der Waals surface area contributed by atoms with Gasteiger partial charge in [0.05, 0.1) is 30.7 Å². The molecule has 5 rings (SSSR count). The maximum atomic E-state index is 12.4. The van der Waals surface area contributed by atoms with Gasteiger partial charge in [-0.2, -0.15) is 8.42 Å².